The minimum absolute atomic E-state index is 0.111. The summed E-state index contributed by atoms with van der Waals surface area (Å²) in [4.78, 5) is 35.3. The summed E-state index contributed by atoms with van der Waals surface area (Å²) in [7, 11) is 0. The number of carbonyl (C=O) groups is 2. The number of para-hydroxylation sites is 1. The smallest absolute Gasteiger partial charge is 0.406 e. The molecule has 2 heterocycles. The van der Waals surface area contributed by atoms with Gasteiger partial charge in [-0.1, -0.05) is 61.5 Å². The SMILES string of the molecule is CCCc1ccccc1N1C(=O)CSC1=NC(=O)NCCc1cccc(-c2ncn(-c3ccc(OC(F)(F)F)cc3)n2)c1. The molecule has 0 bridgehead atoms. The fraction of sp³-hybridized carbons (Fsp3) is 0.233. The number of amidine groups is 1. The molecule has 1 fully saturated rings. The normalized spacial score (nSPS) is 14.4. The van der Waals surface area contributed by atoms with Gasteiger partial charge in [0.05, 0.1) is 17.1 Å². The first-order valence-corrected chi connectivity index (χ1v) is 14.5. The fourth-order valence-corrected chi connectivity index (χ4v) is 5.38. The highest BCUT2D eigenvalue weighted by molar-refractivity contribution is 8.15. The highest BCUT2D eigenvalue weighted by Gasteiger charge is 2.32. The van der Waals surface area contributed by atoms with Crippen LogP contribution in [0.4, 0.5) is 23.7 Å². The highest BCUT2D eigenvalue weighted by atomic mass is 32.2. The number of carbonyl (C=O) groups excluding carboxylic acids is 2. The van der Waals surface area contributed by atoms with Crippen LogP contribution in [-0.2, 0) is 17.6 Å². The Hall–Kier alpha value is -4.65. The van der Waals surface area contributed by atoms with Gasteiger partial charge in [-0.15, -0.1) is 18.3 Å². The second-order valence-electron chi connectivity index (χ2n) is 9.53. The summed E-state index contributed by atoms with van der Waals surface area (Å²) < 4.78 is 42.6. The van der Waals surface area contributed by atoms with Crippen molar-refractivity contribution in [3.63, 3.8) is 0 Å². The molecule has 1 aliphatic rings. The summed E-state index contributed by atoms with van der Waals surface area (Å²) in [6.07, 6.45) is -1.04. The summed E-state index contributed by atoms with van der Waals surface area (Å²) in [6, 6.07) is 19.9. The lowest BCUT2D eigenvalue weighted by Gasteiger charge is -2.19. The van der Waals surface area contributed by atoms with Crippen molar-refractivity contribution in [3.05, 3.63) is 90.3 Å². The van der Waals surface area contributed by atoms with Crippen molar-refractivity contribution in [2.75, 3.05) is 17.2 Å². The first-order chi connectivity index (χ1) is 20.7. The largest absolute Gasteiger partial charge is 0.573 e. The molecule has 43 heavy (non-hydrogen) atoms. The van der Waals surface area contributed by atoms with Crippen LogP contribution in [-0.4, -0.2) is 50.5 Å². The maximum absolute atomic E-state index is 12.7. The quantitative estimate of drug-likeness (QED) is 0.244. The molecule has 1 aliphatic heterocycles. The van der Waals surface area contributed by atoms with Gasteiger partial charge in [0.2, 0.25) is 5.91 Å². The van der Waals surface area contributed by atoms with Crippen molar-refractivity contribution in [2.45, 2.75) is 32.5 Å². The second-order valence-corrected chi connectivity index (χ2v) is 10.5. The van der Waals surface area contributed by atoms with Gasteiger partial charge in [0, 0.05) is 12.1 Å². The lowest BCUT2D eigenvalue weighted by Crippen LogP contribution is -2.32. The number of amides is 3. The number of nitrogens with one attached hydrogen (secondary N) is 1. The maximum Gasteiger partial charge on any atom is 0.573 e. The fourth-order valence-electron chi connectivity index (χ4n) is 4.52. The van der Waals surface area contributed by atoms with Crippen molar-refractivity contribution < 1.29 is 27.5 Å². The minimum Gasteiger partial charge on any atom is -0.406 e. The minimum atomic E-state index is -4.76. The molecule has 0 saturated carbocycles. The number of ether oxygens (including phenoxy) is 1. The molecule has 1 aromatic heterocycles. The lowest BCUT2D eigenvalue weighted by atomic mass is 10.1. The molecule has 0 aliphatic carbocycles. The number of alkyl halides is 3. The van der Waals surface area contributed by atoms with Gasteiger partial charge >= 0.3 is 12.4 Å². The van der Waals surface area contributed by atoms with Crippen LogP contribution in [0.15, 0.2) is 84.1 Å². The van der Waals surface area contributed by atoms with E-state index in [4.69, 9.17) is 0 Å². The number of aromatic nitrogens is 3. The molecule has 1 N–H and O–H groups in total. The average molecular weight is 609 g/mol. The summed E-state index contributed by atoms with van der Waals surface area (Å²) >= 11 is 1.24. The van der Waals surface area contributed by atoms with E-state index in [2.05, 4.69) is 32.1 Å². The summed E-state index contributed by atoms with van der Waals surface area (Å²) in [5, 5.41) is 7.59. The molecule has 0 unspecified atom stereocenters. The Labute approximate surface area is 249 Å². The number of urea groups is 1. The number of aliphatic imine (C=N–C) groups is 1. The number of hydrogen-bond acceptors (Lipinski definition) is 6. The maximum atomic E-state index is 12.7. The van der Waals surface area contributed by atoms with Gasteiger partial charge in [0.1, 0.15) is 12.1 Å². The first kappa shape index (κ1) is 29.8. The number of halogens is 3. The Morgan fingerprint density at radius 2 is 1.86 bits per heavy atom. The van der Waals surface area contributed by atoms with E-state index in [1.807, 2.05) is 48.5 Å². The zero-order valence-corrected chi connectivity index (χ0v) is 23.9. The predicted molar refractivity (Wildman–Crippen MR) is 158 cm³/mol. The van der Waals surface area contributed by atoms with Crippen molar-refractivity contribution in [3.8, 4) is 22.8 Å². The summed E-state index contributed by atoms with van der Waals surface area (Å²) in [5.41, 5.74) is 3.97. The van der Waals surface area contributed by atoms with Gasteiger partial charge in [0.15, 0.2) is 11.0 Å². The molecule has 9 nitrogen and oxygen atoms in total. The van der Waals surface area contributed by atoms with Crippen molar-refractivity contribution >= 4 is 34.6 Å². The van der Waals surface area contributed by atoms with E-state index in [0.29, 0.717) is 29.6 Å². The average Bonchev–Trinajstić information content (AvgIpc) is 3.61. The topological polar surface area (TPSA) is 102 Å². The van der Waals surface area contributed by atoms with E-state index in [0.717, 1.165) is 35.2 Å². The van der Waals surface area contributed by atoms with Crippen LogP contribution in [0.5, 0.6) is 5.75 Å². The molecular formula is C30H27F3N6O3S. The zero-order valence-electron chi connectivity index (χ0n) is 23.0. The highest BCUT2D eigenvalue weighted by Crippen LogP contribution is 2.30. The number of nitrogens with zero attached hydrogens (tertiary/aromatic N) is 5. The van der Waals surface area contributed by atoms with Crippen molar-refractivity contribution in [2.24, 2.45) is 4.99 Å². The van der Waals surface area contributed by atoms with E-state index in [1.165, 1.54) is 51.9 Å². The molecule has 0 spiro atoms. The van der Waals surface area contributed by atoms with E-state index < -0.39 is 12.4 Å². The first-order valence-electron chi connectivity index (χ1n) is 13.5. The third-order valence-electron chi connectivity index (χ3n) is 6.42. The Balaban J connectivity index is 1.20. The number of hydrogen-bond donors (Lipinski definition) is 1. The zero-order chi connectivity index (χ0) is 30.4. The van der Waals surface area contributed by atoms with E-state index in [-0.39, 0.29) is 17.4 Å². The van der Waals surface area contributed by atoms with Gasteiger partial charge in [-0.25, -0.2) is 14.5 Å². The van der Waals surface area contributed by atoms with Gasteiger partial charge in [0.25, 0.3) is 0 Å². The Bertz CT molecular complexity index is 1640. The predicted octanol–water partition coefficient (Wildman–Crippen LogP) is 6.17. The van der Waals surface area contributed by atoms with Crippen LogP contribution < -0.4 is 15.0 Å². The third kappa shape index (κ3) is 7.60. The van der Waals surface area contributed by atoms with Crippen LogP contribution in [0.3, 0.4) is 0 Å². The molecule has 0 atom stereocenters. The van der Waals surface area contributed by atoms with Crippen LogP contribution in [0.25, 0.3) is 17.1 Å². The Morgan fingerprint density at radius 1 is 1.07 bits per heavy atom. The third-order valence-corrected chi connectivity index (χ3v) is 7.34. The molecule has 13 heteroatoms. The summed E-state index contributed by atoms with van der Waals surface area (Å²) in [5.74, 6) is 0.216. The van der Waals surface area contributed by atoms with Crippen LogP contribution >= 0.6 is 11.8 Å². The van der Waals surface area contributed by atoms with Crippen molar-refractivity contribution in [1.82, 2.24) is 20.1 Å². The van der Waals surface area contributed by atoms with Gasteiger partial charge in [-0.2, -0.15) is 4.99 Å². The molecule has 4 aromatic rings. The second kappa shape index (κ2) is 13.1. The van der Waals surface area contributed by atoms with Gasteiger partial charge in [-0.05, 0) is 60.4 Å². The van der Waals surface area contributed by atoms with Gasteiger partial charge < -0.3 is 10.1 Å². The van der Waals surface area contributed by atoms with E-state index in [1.54, 1.807) is 0 Å². The molecule has 5 rings (SSSR count). The van der Waals surface area contributed by atoms with E-state index in [9.17, 15) is 22.8 Å². The summed E-state index contributed by atoms with van der Waals surface area (Å²) in [6.45, 7) is 2.39. The number of rotatable bonds is 9. The van der Waals surface area contributed by atoms with Crippen molar-refractivity contribution in [1.29, 1.82) is 0 Å². The molecule has 1 saturated heterocycles. The van der Waals surface area contributed by atoms with E-state index >= 15 is 0 Å². The van der Waals surface area contributed by atoms with Crippen LogP contribution in [0.1, 0.15) is 24.5 Å². The Kier molecular flexibility index (Phi) is 9.10. The number of anilines is 1. The molecule has 3 aromatic carbocycles. The lowest BCUT2D eigenvalue weighted by molar-refractivity contribution is -0.274. The molecular weight excluding hydrogens is 581 g/mol. The number of aryl methyl sites for hydroxylation is 1. The van der Waals surface area contributed by atoms with Crippen LogP contribution in [0, 0.1) is 0 Å². The molecule has 3 amide bonds. The molecule has 222 valence electrons. The standard InChI is InChI=1S/C30H27F3N6O3S/c1-2-6-21-8-3-4-10-25(21)39-26(40)18-43-29(39)36-28(41)34-16-15-20-7-5-9-22(17-20)27-35-19-38(37-27)23-11-13-24(14-12-23)42-30(31,32)33/h3-5,7-14,17,19H,2,6,15-16,18H2,1H3,(H,34,41). The monoisotopic (exact) mass is 608 g/mol. The number of benzene rings is 3. The molecule has 0 radical (unpaired) electrons. The van der Waals surface area contributed by atoms with Gasteiger partial charge in [-0.3, -0.25) is 9.69 Å². The Morgan fingerprint density at radius 3 is 2.63 bits per heavy atom. The van der Waals surface area contributed by atoms with Crippen LogP contribution in [0.2, 0.25) is 0 Å². The number of thioether (sulfide) groups is 1.